The fraction of sp³-hybridized carbons (Fsp3) is 0.138. The van der Waals surface area contributed by atoms with Crippen molar-refractivity contribution in [3.05, 3.63) is 205 Å². The van der Waals surface area contributed by atoms with Gasteiger partial charge in [-0.05, 0) is 122 Å². The van der Waals surface area contributed by atoms with E-state index in [4.69, 9.17) is 0 Å². The molecular weight excluding hydrogens is 697 g/mol. The standard InChI is InChI=1S/C58H50/c1-57(2,3)45-20-13-24-51(44-19-11-18-43(37-44)50-23-12-17-39-15-7-9-21-47(39)50)56-38-46(58(4,5)6)33-36-55(56)52(35-32-45)42-29-27-41(28-30-42)49-25-14-26-53-48-22-10-8-16-40(48)31-34-54(49)53/h7-38H,1-6H3. The van der Waals surface area contributed by atoms with Crippen molar-refractivity contribution in [2.24, 2.45) is 0 Å². The van der Waals surface area contributed by atoms with Crippen LogP contribution < -0.4 is 0 Å². The van der Waals surface area contributed by atoms with E-state index >= 15 is 0 Å². The summed E-state index contributed by atoms with van der Waals surface area (Å²) in [5.74, 6) is 0. The van der Waals surface area contributed by atoms with E-state index in [1.54, 1.807) is 0 Å². The molecule has 0 saturated heterocycles. The molecule has 0 bridgehead atoms. The Morgan fingerprint density at radius 2 is 0.690 bits per heavy atom. The molecule has 0 aliphatic heterocycles. The lowest BCUT2D eigenvalue weighted by molar-refractivity contribution is 0.590. The van der Waals surface area contributed by atoms with Crippen molar-refractivity contribution in [3.63, 3.8) is 0 Å². The van der Waals surface area contributed by atoms with Crippen LogP contribution in [-0.4, -0.2) is 0 Å². The van der Waals surface area contributed by atoms with Gasteiger partial charge in [-0.15, -0.1) is 0 Å². The fourth-order valence-corrected chi connectivity index (χ4v) is 8.58. The van der Waals surface area contributed by atoms with E-state index in [9.17, 15) is 0 Å². The zero-order valence-corrected chi connectivity index (χ0v) is 34.5. The number of rotatable bonds is 4. The largest absolute Gasteiger partial charge is 0.0616 e. The van der Waals surface area contributed by atoms with Gasteiger partial charge in [0.15, 0.2) is 0 Å². The molecule has 9 aromatic rings. The first kappa shape index (κ1) is 37.1. The maximum absolute atomic E-state index is 2.44. The summed E-state index contributed by atoms with van der Waals surface area (Å²) in [6.07, 6.45) is 0. The third kappa shape index (κ3) is 7.05. The molecule has 0 unspecified atom stereocenters. The third-order valence-electron chi connectivity index (χ3n) is 11.9. The van der Waals surface area contributed by atoms with E-state index in [0.717, 1.165) is 0 Å². The van der Waals surface area contributed by atoms with E-state index in [1.807, 2.05) is 0 Å². The molecular formula is C58H50. The van der Waals surface area contributed by atoms with Gasteiger partial charge >= 0.3 is 0 Å². The zero-order chi connectivity index (χ0) is 40.0. The predicted molar refractivity (Wildman–Crippen MR) is 253 cm³/mol. The first-order valence-corrected chi connectivity index (χ1v) is 20.6. The molecule has 0 amide bonds. The molecule has 0 heterocycles. The minimum Gasteiger partial charge on any atom is -0.0616 e. The molecule has 0 radical (unpaired) electrons. The van der Waals surface area contributed by atoms with Gasteiger partial charge in [-0.3, -0.25) is 0 Å². The zero-order valence-electron chi connectivity index (χ0n) is 34.5. The quantitative estimate of drug-likeness (QED) is 0.157. The molecule has 0 nitrogen and oxygen atoms in total. The van der Waals surface area contributed by atoms with Crippen molar-refractivity contribution in [3.8, 4) is 44.5 Å². The van der Waals surface area contributed by atoms with Gasteiger partial charge in [-0.25, -0.2) is 0 Å². The summed E-state index contributed by atoms with van der Waals surface area (Å²) in [7, 11) is 0. The maximum atomic E-state index is 2.44. The van der Waals surface area contributed by atoms with E-state index in [-0.39, 0.29) is 10.8 Å². The number of hydrogen-bond acceptors (Lipinski definition) is 0. The monoisotopic (exact) mass is 746 g/mol. The van der Waals surface area contributed by atoms with Crippen molar-refractivity contribution in [1.29, 1.82) is 0 Å². The molecule has 0 spiro atoms. The van der Waals surface area contributed by atoms with Crippen molar-refractivity contribution >= 4 is 43.1 Å². The summed E-state index contributed by atoms with van der Waals surface area (Å²) in [6.45, 7) is 13.8. The summed E-state index contributed by atoms with van der Waals surface area (Å²) < 4.78 is 0. The minimum atomic E-state index is -0.0408. The molecule has 0 fully saturated rings. The Morgan fingerprint density at radius 3 is 1.36 bits per heavy atom. The summed E-state index contributed by atoms with van der Waals surface area (Å²) in [5.41, 5.74) is 12.3. The van der Waals surface area contributed by atoms with E-state index in [1.165, 1.54) is 98.7 Å². The van der Waals surface area contributed by atoms with Gasteiger partial charge in [-0.1, -0.05) is 224 Å². The van der Waals surface area contributed by atoms with E-state index in [0.29, 0.717) is 0 Å². The number of fused-ring (bicyclic) bond motifs is 5. The number of benzene rings is 8. The minimum absolute atomic E-state index is 0.0231. The average molecular weight is 747 g/mol. The molecule has 282 valence electrons. The van der Waals surface area contributed by atoms with Gasteiger partial charge < -0.3 is 0 Å². The Hall–Kier alpha value is -6.50. The van der Waals surface area contributed by atoms with Crippen LogP contribution in [0.2, 0.25) is 0 Å². The number of hydrogen-bond donors (Lipinski definition) is 0. The van der Waals surface area contributed by atoms with Crippen LogP contribution in [0.5, 0.6) is 0 Å². The summed E-state index contributed by atoms with van der Waals surface area (Å²) in [4.78, 5) is 0. The molecule has 0 saturated carbocycles. The average Bonchev–Trinajstić information content (AvgIpc) is 3.23. The Kier molecular flexibility index (Phi) is 9.45. The van der Waals surface area contributed by atoms with Crippen molar-refractivity contribution in [2.75, 3.05) is 0 Å². The maximum Gasteiger partial charge on any atom is -0.00962 e. The van der Waals surface area contributed by atoms with Crippen molar-refractivity contribution < 1.29 is 0 Å². The Bertz CT molecular complexity index is 3050. The van der Waals surface area contributed by atoms with Crippen LogP contribution in [0.15, 0.2) is 194 Å². The second-order valence-electron chi connectivity index (χ2n) is 17.8. The Morgan fingerprint density at radius 1 is 0.241 bits per heavy atom. The first-order chi connectivity index (χ1) is 28.0. The highest BCUT2D eigenvalue weighted by atomic mass is 14.2. The lowest BCUT2D eigenvalue weighted by Crippen LogP contribution is -2.10. The van der Waals surface area contributed by atoms with Crippen LogP contribution in [0.3, 0.4) is 0 Å². The van der Waals surface area contributed by atoms with Gasteiger partial charge in [-0.2, -0.15) is 0 Å². The Labute approximate surface area is 343 Å². The van der Waals surface area contributed by atoms with Gasteiger partial charge in [0.25, 0.3) is 0 Å². The second kappa shape index (κ2) is 14.8. The smallest absolute Gasteiger partial charge is 0.00962 e. The highest BCUT2D eigenvalue weighted by Crippen LogP contribution is 2.40. The third-order valence-corrected chi connectivity index (χ3v) is 11.9. The molecule has 0 aromatic heterocycles. The van der Waals surface area contributed by atoms with E-state index in [2.05, 4.69) is 236 Å². The molecule has 0 N–H and O–H groups in total. The summed E-state index contributed by atoms with van der Waals surface area (Å²) in [6, 6.07) is 72.3. The Balaban J connectivity index is 1.29. The highest BCUT2D eigenvalue weighted by molar-refractivity contribution is 6.12. The van der Waals surface area contributed by atoms with E-state index < -0.39 is 0 Å². The molecule has 0 aliphatic carbocycles. The fourth-order valence-electron chi connectivity index (χ4n) is 8.58. The van der Waals surface area contributed by atoms with Crippen LogP contribution in [0, 0.1) is 0 Å². The summed E-state index contributed by atoms with van der Waals surface area (Å²) >= 11 is 0. The SMILES string of the molecule is CC(C)(C)c1cccc(-c2cccc(-c3cccc4ccccc34)c2)c2cc(C(C)(C)C)ccc2c(-c2ccc(-c3cccc4c3ccc3ccccc34)cc2)cc1. The van der Waals surface area contributed by atoms with Gasteiger partial charge in [0.1, 0.15) is 0 Å². The van der Waals surface area contributed by atoms with Crippen LogP contribution in [0.25, 0.3) is 87.6 Å². The summed E-state index contributed by atoms with van der Waals surface area (Å²) in [5, 5.41) is 10.1. The topological polar surface area (TPSA) is 0 Å². The van der Waals surface area contributed by atoms with Gasteiger partial charge in [0.2, 0.25) is 0 Å². The molecule has 0 aliphatic rings. The lowest BCUT2D eigenvalue weighted by atomic mass is 9.83. The molecule has 58 heavy (non-hydrogen) atoms. The lowest BCUT2D eigenvalue weighted by Gasteiger charge is -2.21. The second-order valence-corrected chi connectivity index (χ2v) is 17.8. The van der Waals surface area contributed by atoms with Crippen LogP contribution in [0.1, 0.15) is 52.7 Å². The van der Waals surface area contributed by atoms with Crippen LogP contribution >= 0.6 is 0 Å². The predicted octanol–water partition coefficient (Wildman–Crippen LogP) is 16.7. The van der Waals surface area contributed by atoms with Gasteiger partial charge in [0.05, 0.1) is 0 Å². The van der Waals surface area contributed by atoms with Crippen LogP contribution in [0.4, 0.5) is 0 Å². The van der Waals surface area contributed by atoms with Crippen LogP contribution in [-0.2, 0) is 10.8 Å². The molecule has 0 atom stereocenters. The normalized spacial score (nSPS) is 12.0. The van der Waals surface area contributed by atoms with Crippen molar-refractivity contribution in [2.45, 2.75) is 52.4 Å². The molecule has 9 rings (SSSR count). The van der Waals surface area contributed by atoms with Gasteiger partial charge in [0, 0.05) is 0 Å². The highest BCUT2D eigenvalue weighted by Gasteiger charge is 2.18. The molecule has 9 aromatic carbocycles. The van der Waals surface area contributed by atoms with Crippen molar-refractivity contribution in [1.82, 2.24) is 0 Å². The first-order valence-electron chi connectivity index (χ1n) is 20.6. The molecule has 0 heteroatoms.